The predicted octanol–water partition coefficient (Wildman–Crippen LogP) is 3.43. The van der Waals surface area contributed by atoms with Crippen molar-refractivity contribution in [2.24, 2.45) is 0 Å². The minimum atomic E-state index is -0.595. The van der Waals surface area contributed by atoms with Gasteiger partial charge in [0, 0.05) is 23.6 Å². The lowest BCUT2D eigenvalue weighted by Gasteiger charge is -2.06. The van der Waals surface area contributed by atoms with Crippen LogP contribution < -0.4 is 10.1 Å². The summed E-state index contributed by atoms with van der Waals surface area (Å²) in [6.45, 7) is -0.390. The van der Waals surface area contributed by atoms with Gasteiger partial charge in [-0.15, -0.1) is 0 Å². The summed E-state index contributed by atoms with van der Waals surface area (Å²) in [6.07, 6.45) is 3.11. The third-order valence-corrected chi connectivity index (χ3v) is 4.38. The van der Waals surface area contributed by atoms with E-state index in [9.17, 15) is 9.59 Å². The fourth-order valence-electron chi connectivity index (χ4n) is 2.87. The summed E-state index contributed by atoms with van der Waals surface area (Å²) >= 11 is 0. The van der Waals surface area contributed by atoms with Gasteiger partial charge in [-0.2, -0.15) is 0 Å². The number of anilines is 1. The van der Waals surface area contributed by atoms with E-state index >= 15 is 0 Å². The predicted molar refractivity (Wildman–Crippen MR) is 111 cm³/mol. The first-order valence-corrected chi connectivity index (χ1v) is 9.13. The molecule has 0 radical (unpaired) electrons. The maximum atomic E-state index is 12.3. The number of esters is 1. The third kappa shape index (κ3) is 4.27. The minimum Gasteiger partial charge on any atom is -0.497 e. The molecule has 0 spiro atoms. The molecule has 4 rings (SSSR count). The standard InChI is InChI=1S/C22H18N4O4/c1-29-17-5-2-14(3-6-17)21-25-18-7-4-15(12-19(18)26-21)22(28)30-13-20(27)24-16-8-10-23-11-9-16/h2-12H,13H2,1H3,(H,25,26)(H,23,24,27). The lowest BCUT2D eigenvalue weighted by Crippen LogP contribution is -2.20. The Morgan fingerprint density at radius 1 is 1.03 bits per heavy atom. The SMILES string of the molecule is COc1ccc(-c2nc3ccc(C(=O)OCC(=O)Nc4ccncc4)cc3[nH]2)cc1. The summed E-state index contributed by atoms with van der Waals surface area (Å²) in [5.41, 5.74) is 3.20. The molecule has 0 bridgehead atoms. The van der Waals surface area contributed by atoms with Gasteiger partial charge in [-0.25, -0.2) is 9.78 Å². The zero-order valence-corrected chi connectivity index (χ0v) is 16.1. The van der Waals surface area contributed by atoms with Crippen molar-refractivity contribution in [3.8, 4) is 17.1 Å². The highest BCUT2D eigenvalue weighted by atomic mass is 16.5. The highest BCUT2D eigenvalue weighted by Gasteiger charge is 2.13. The molecule has 0 aliphatic heterocycles. The number of aromatic amines is 1. The summed E-state index contributed by atoms with van der Waals surface area (Å²) in [5, 5.41) is 2.63. The van der Waals surface area contributed by atoms with Crippen molar-refractivity contribution in [3.63, 3.8) is 0 Å². The van der Waals surface area contributed by atoms with E-state index in [1.807, 2.05) is 24.3 Å². The number of nitrogens with zero attached hydrogens (tertiary/aromatic N) is 2. The Morgan fingerprint density at radius 3 is 2.53 bits per heavy atom. The average molecular weight is 402 g/mol. The summed E-state index contributed by atoms with van der Waals surface area (Å²) in [6, 6.07) is 15.8. The van der Waals surface area contributed by atoms with Crippen LogP contribution in [0.4, 0.5) is 5.69 Å². The molecule has 0 saturated heterocycles. The van der Waals surface area contributed by atoms with Crippen LogP contribution in [0.5, 0.6) is 5.75 Å². The lowest BCUT2D eigenvalue weighted by molar-refractivity contribution is -0.119. The quantitative estimate of drug-likeness (QED) is 0.479. The molecule has 2 heterocycles. The highest BCUT2D eigenvalue weighted by Crippen LogP contribution is 2.23. The Bertz CT molecular complexity index is 1190. The molecule has 1 amide bonds. The number of ether oxygens (including phenoxy) is 2. The molecule has 30 heavy (non-hydrogen) atoms. The number of benzene rings is 2. The van der Waals surface area contributed by atoms with E-state index in [1.165, 1.54) is 0 Å². The van der Waals surface area contributed by atoms with Crippen molar-refractivity contribution in [3.05, 3.63) is 72.6 Å². The second-order valence-corrected chi connectivity index (χ2v) is 6.41. The zero-order chi connectivity index (χ0) is 20.9. The third-order valence-electron chi connectivity index (χ3n) is 4.38. The number of carbonyl (C=O) groups excluding carboxylic acids is 2. The van der Waals surface area contributed by atoms with Crippen LogP contribution in [-0.4, -0.2) is 40.5 Å². The second-order valence-electron chi connectivity index (χ2n) is 6.41. The Labute approximate surface area is 171 Å². The average Bonchev–Trinajstić information content (AvgIpc) is 3.21. The van der Waals surface area contributed by atoms with Gasteiger partial charge in [0.2, 0.25) is 0 Å². The lowest BCUT2D eigenvalue weighted by atomic mass is 10.2. The Balaban J connectivity index is 1.43. The van der Waals surface area contributed by atoms with Gasteiger partial charge in [0.15, 0.2) is 6.61 Å². The number of nitrogens with one attached hydrogen (secondary N) is 2. The van der Waals surface area contributed by atoms with Gasteiger partial charge in [0.25, 0.3) is 5.91 Å². The molecule has 0 atom stereocenters. The highest BCUT2D eigenvalue weighted by molar-refractivity contribution is 5.97. The molecule has 4 aromatic rings. The molecule has 2 aromatic heterocycles. The summed E-state index contributed by atoms with van der Waals surface area (Å²) in [7, 11) is 1.61. The summed E-state index contributed by atoms with van der Waals surface area (Å²) in [4.78, 5) is 35.9. The Morgan fingerprint density at radius 2 is 1.80 bits per heavy atom. The van der Waals surface area contributed by atoms with Crippen LogP contribution in [0.25, 0.3) is 22.4 Å². The smallest absolute Gasteiger partial charge is 0.338 e. The van der Waals surface area contributed by atoms with E-state index in [1.54, 1.807) is 49.8 Å². The van der Waals surface area contributed by atoms with Crippen molar-refractivity contribution in [1.29, 1.82) is 0 Å². The van der Waals surface area contributed by atoms with E-state index in [2.05, 4.69) is 20.3 Å². The number of hydrogen-bond acceptors (Lipinski definition) is 6. The number of H-pyrrole nitrogens is 1. The molecular weight excluding hydrogens is 384 g/mol. The molecule has 0 unspecified atom stereocenters. The van der Waals surface area contributed by atoms with E-state index in [0.717, 1.165) is 11.3 Å². The minimum absolute atomic E-state index is 0.323. The number of rotatable bonds is 6. The normalized spacial score (nSPS) is 10.6. The van der Waals surface area contributed by atoms with E-state index in [-0.39, 0.29) is 6.61 Å². The van der Waals surface area contributed by atoms with Gasteiger partial charge in [-0.1, -0.05) is 0 Å². The first-order chi connectivity index (χ1) is 14.6. The van der Waals surface area contributed by atoms with E-state index in [0.29, 0.717) is 28.1 Å². The molecule has 2 aromatic carbocycles. The van der Waals surface area contributed by atoms with Gasteiger partial charge in [-0.05, 0) is 54.6 Å². The molecule has 0 aliphatic carbocycles. The summed E-state index contributed by atoms with van der Waals surface area (Å²) < 4.78 is 10.3. The largest absolute Gasteiger partial charge is 0.497 e. The Hall–Kier alpha value is -4.20. The summed E-state index contributed by atoms with van der Waals surface area (Å²) in [5.74, 6) is 0.407. The first kappa shape index (κ1) is 19.1. The molecule has 2 N–H and O–H groups in total. The van der Waals surface area contributed by atoms with Gasteiger partial charge in [-0.3, -0.25) is 9.78 Å². The number of fused-ring (bicyclic) bond motifs is 1. The van der Waals surface area contributed by atoms with E-state index in [4.69, 9.17) is 9.47 Å². The maximum Gasteiger partial charge on any atom is 0.338 e. The molecular formula is C22H18N4O4. The molecule has 8 nitrogen and oxygen atoms in total. The van der Waals surface area contributed by atoms with E-state index < -0.39 is 11.9 Å². The van der Waals surface area contributed by atoms with Crippen LogP contribution in [-0.2, 0) is 9.53 Å². The van der Waals surface area contributed by atoms with Gasteiger partial charge >= 0.3 is 5.97 Å². The monoisotopic (exact) mass is 402 g/mol. The fourth-order valence-corrected chi connectivity index (χ4v) is 2.87. The number of amides is 1. The van der Waals surface area contributed by atoms with Crippen LogP contribution in [0, 0.1) is 0 Å². The second kappa shape index (κ2) is 8.44. The van der Waals surface area contributed by atoms with Gasteiger partial charge in [0.1, 0.15) is 11.6 Å². The number of imidazole rings is 1. The van der Waals surface area contributed by atoms with Gasteiger partial charge in [0.05, 0.1) is 23.7 Å². The number of pyridine rings is 1. The molecule has 0 aliphatic rings. The van der Waals surface area contributed by atoms with Crippen LogP contribution in [0.2, 0.25) is 0 Å². The molecule has 0 saturated carbocycles. The maximum absolute atomic E-state index is 12.3. The molecule has 0 fully saturated rings. The van der Waals surface area contributed by atoms with Gasteiger partial charge < -0.3 is 19.8 Å². The van der Waals surface area contributed by atoms with Crippen LogP contribution in [0.15, 0.2) is 67.0 Å². The van der Waals surface area contributed by atoms with Crippen molar-refractivity contribution in [2.75, 3.05) is 19.0 Å². The number of aromatic nitrogens is 3. The van der Waals surface area contributed by atoms with Crippen molar-refractivity contribution >= 4 is 28.6 Å². The van der Waals surface area contributed by atoms with Crippen molar-refractivity contribution in [1.82, 2.24) is 15.0 Å². The Kier molecular flexibility index (Phi) is 5.38. The topological polar surface area (TPSA) is 106 Å². The molecule has 150 valence electrons. The van der Waals surface area contributed by atoms with Crippen LogP contribution in [0.1, 0.15) is 10.4 Å². The molecule has 8 heteroatoms. The number of methoxy groups -OCH3 is 1. The van der Waals surface area contributed by atoms with Crippen molar-refractivity contribution < 1.29 is 19.1 Å². The zero-order valence-electron chi connectivity index (χ0n) is 16.1. The van der Waals surface area contributed by atoms with Crippen molar-refractivity contribution in [2.45, 2.75) is 0 Å². The van der Waals surface area contributed by atoms with Crippen LogP contribution >= 0.6 is 0 Å². The number of hydrogen-bond donors (Lipinski definition) is 2. The number of carbonyl (C=O) groups is 2. The fraction of sp³-hybridized carbons (Fsp3) is 0.0909. The van der Waals surface area contributed by atoms with Crippen LogP contribution in [0.3, 0.4) is 0 Å². The first-order valence-electron chi connectivity index (χ1n) is 9.13.